The Hall–Kier alpha value is -1.78. The highest BCUT2D eigenvalue weighted by atomic mass is 16.5. The van der Waals surface area contributed by atoms with Crippen molar-refractivity contribution in [2.75, 3.05) is 14.2 Å². The number of hydrogen-bond acceptors (Lipinski definition) is 4. The topological polar surface area (TPSA) is 68.7 Å². The third-order valence-corrected chi connectivity index (χ3v) is 2.04. The predicted molar refractivity (Wildman–Crippen MR) is 53.7 cm³/mol. The van der Waals surface area contributed by atoms with Crippen LogP contribution in [0.25, 0.3) is 0 Å². The van der Waals surface area contributed by atoms with Crippen LogP contribution in [0.1, 0.15) is 22.8 Å². The van der Waals surface area contributed by atoms with Gasteiger partial charge in [0, 0.05) is 6.07 Å². The number of carbonyl (C=O) groups is 1. The molecule has 0 aliphatic carbocycles. The average molecular weight is 211 g/mol. The Morgan fingerprint density at radius 3 is 2.53 bits per heavy atom. The maximum absolute atomic E-state index is 11.0. The Morgan fingerprint density at radius 1 is 1.47 bits per heavy atom. The minimum absolute atomic E-state index is 0.0821. The number of carboxylic acids is 1. The summed E-state index contributed by atoms with van der Waals surface area (Å²) < 4.78 is 9.87. The van der Waals surface area contributed by atoms with Crippen LogP contribution in [0, 0.1) is 0 Å². The molecular weight excluding hydrogens is 198 g/mol. The molecule has 1 heterocycles. The number of rotatable bonds is 4. The quantitative estimate of drug-likeness (QED) is 0.814. The first kappa shape index (κ1) is 11.3. The molecule has 0 atom stereocenters. The van der Waals surface area contributed by atoms with Crippen LogP contribution in [0.5, 0.6) is 11.8 Å². The van der Waals surface area contributed by atoms with Gasteiger partial charge in [-0.05, 0) is 12.0 Å². The van der Waals surface area contributed by atoms with Gasteiger partial charge in [-0.1, -0.05) is 6.92 Å². The molecule has 0 aliphatic heterocycles. The van der Waals surface area contributed by atoms with Crippen molar-refractivity contribution in [3.8, 4) is 11.8 Å². The first-order valence-corrected chi connectivity index (χ1v) is 4.49. The molecule has 0 unspecified atom stereocenters. The minimum atomic E-state index is -1.04. The largest absolute Gasteiger partial charge is 0.481 e. The number of aryl methyl sites for hydroxylation is 1. The Labute approximate surface area is 87.7 Å². The lowest BCUT2D eigenvalue weighted by atomic mass is 10.1. The molecule has 1 N–H and O–H groups in total. The molecule has 0 fully saturated rings. The second kappa shape index (κ2) is 4.63. The van der Waals surface area contributed by atoms with Gasteiger partial charge in [-0.2, -0.15) is 4.98 Å². The van der Waals surface area contributed by atoms with Gasteiger partial charge in [-0.3, -0.25) is 0 Å². The molecule has 0 bridgehead atoms. The summed E-state index contributed by atoms with van der Waals surface area (Å²) in [5.74, 6) is -0.605. The molecule has 1 aromatic heterocycles. The van der Waals surface area contributed by atoms with Crippen LogP contribution in [-0.2, 0) is 6.42 Å². The summed E-state index contributed by atoms with van der Waals surface area (Å²) in [5.41, 5.74) is 0.743. The van der Waals surface area contributed by atoms with E-state index in [1.165, 1.54) is 14.2 Å². The fourth-order valence-corrected chi connectivity index (χ4v) is 1.31. The van der Waals surface area contributed by atoms with Crippen molar-refractivity contribution in [3.05, 3.63) is 17.2 Å². The number of aromatic carboxylic acids is 1. The molecule has 0 spiro atoms. The van der Waals surface area contributed by atoms with Crippen LogP contribution in [0.15, 0.2) is 6.07 Å². The van der Waals surface area contributed by atoms with Gasteiger partial charge in [-0.25, -0.2) is 4.79 Å². The van der Waals surface area contributed by atoms with E-state index in [-0.39, 0.29) is 11.4 Å². The summed E-state index contributed by atoms with van der Waals surface area (Å²) >= 11 is 0. The second-order valence-electron chi connectivity index (χ2n) is 2.87. The Bertz CT molecular complexity index is 351. The SMILES string of the molecule is CCc1cc(OC)nc(OC)c1C(=O)O. The number of carboxylic acid groups (broad SMARTS) is 1. The third kappa shape index (κ3) is 2.18. The van der Waals surface area contributed by atoms with Gasteiger partial charge >= 0.3 is 5.97 Å². The van der Waals surface area contributed by atoms with Crippen LogP contribution in [0.2, 0.25) is 0 Å². The molecule has 82 valence electrons. The van der Waals surface area contributed by atoms with Crippen LogP contribution in [0.3, 0.4) is 0 Å². The highest BCUT2D eigenvalue weighted by molar-refractivity contribution is 5.92. The Balaban J connectivity index is 3.39. The van der Waals surface area contributed by atoms with Gasteiger partial charge < -0.3 is 14.6 Å². The zero-order valence-electron chi connectivity index (χ0n) is 8.90. The number of hydrogen-bond donors (Lipinski definition) is 1. The number of pyridine rings is 1. The van der Waals surface area contributed by atoms with Gasteiger partial charge in [0.15, 0.2) is 0 Å². The summed E-state index contributed by atoms with van der Waals surface area (Å²) in [6.07, 6.45) is 0.580. The van der Waals surface area contributed by atoms with Crippen molar-refractivity contribution in [1.82, 2.24) is 4.98 Å². The lowest BCUT2D eigenvalue weighted by Crippen LogP contribution is -2.07. The molecule has 0 amide bonds. The fourth-order valence-electron chi connectivity index (χ4n) is 1.31. The van der Waals surface area contributed by atoms with E-state index in [1.807, 2.05) is 6.92 Å². The van der Waals surface area contributed by atoms with Crippen LogP contribution in [0.4, 0.5) is 0 Å². The van der Waals surface area contributed by atoms with Gasteiger partial charge in [0.25, 0.3) is 0 Å². The van der Waals surface area contributed by atoms with E-state index in [0.29, 0.717) is 17.9 Å². The van der Waals surface area contributed by atoms with Crippen molar-refractivity contribution in [2.24, 2.45) is 0 Å². The molecule has 0 aliphatic rings. The maximum atomic E-state index is 11.0. The molecule has 5 nitrogen and oxygen atoms in total. The number of nitrogens with zero attached hydrogens (tertiary/aromatic N) is 1. The van der Waals surface area contributed by atoms with E-state index in [0.717, 1.165) is 0 Å². The highest BCUT2D eigenvalue weighted by Crippen LogP contribution is 2.25. The van der Waals surface area contributed by atoms with E-state index in [9.17, 15) is 4.79 Å². The van der Waals surface area contributed by atoms with Crippen molar-refractivity contribution in [2.45, 2.75) is 13.3 Å². The lowest BCUT2D eigenvalue weighted by molar-refractivity contribution is 0.0691. The highest BCUT2D eigenvalue weighted by Gasteiger charge is 2.18. The maximum Gasteiger partial charge on any atom is 0.341 e. The Morgan fingerprint density at radius 2 is 2.13 bits per heavy atom. The number of aromatic nitrogens is 1. The lowest BCUT2D eigenvalue weighted by Gasteiger charge is -2.10. The van der Waals surface area contributed by atoms with Gasteiger partial charge in [-0.15, -0.1) is 0 Å². The van der Waals surface area contributed by atoms with Crippen LogP contribution >= 0.6 is 0 Å². The smallest absolute Gasteiger partial charge is 0.341 e. The molecule has 0 aromatic carbocycles. The van der Waals surface area contributed by atoms with E-state index in [1.54, 1.807) is 6.07 Å². The zero-order valence-corrected chi connectivity index (χ0v) is 8.90. The first-order chi connectivity index (χ1) is 7.13. The number of ether oxygens (including phenoxy) is 2. The van der Waals surface area contributed by atoms with E-state index < -0.39 is 5.97 Å². The van der Waals surface area contributed by atoms with Crippen molar-refractivity contribution >= 4 is 5.97 Å². The van der Waals surface area contributed by atoms with Crippen molar-refractivity contribution in [3.63, 3.8) is 0 Å². The van der Waals surface area contributed by atoms with Crippen LogP contribution in [-0.4, -0.2) is 30.3 Å². The average Bonchev–Trinajstić information content (AvgIpc) is 2.26. The monoisotopic (exact) mass is 211 g/mol. The summed E-state index contributed by atoms with van der Waals surface area (Å²) in [5, 5.41) is 9.01. The molecule has 0 radical (unpaired) electrons. The van der Waals surface area contributed by atoms with E-state index >= 15 is 0 Å². The van der Waals surface area contributed by atoms with E-state index in [2.05, 4.69) is 4.98 Å². The Kier molecular flexibility index (Phi) is 3.49. The fraction of sp³-hybridized carbons (Fsp3) is 0.400. The summed E-state index contributed by atoms with van der Waals surface area (Å²) in [6, 6.07) is 1.60. The summed E-state index contributed by atoms with van der Waals surface area (Å²) in [6.45, 7) is 1.86. The third-order valence-electron chi connectivity index (χ3n) is 2.04. The van der Waals surface area contributed by atoms with Gasteiger partial charge in [0.05, 0.1) is 14.2 Å². The van der Waals surface area contributed by atoms with Gasteiger partial charge in [0.1, 0.15) is 5.56 Å². The normalized spacial score (nSPS) is 9.80. The van der Waals surface area contributed by atoms with E-state index in [4.69, 9.17) is 14.6 Å². The molecule has 5 heteroatoms. The summed E-state index contributed by atoms with van der Waals surface area (Å²) in [4.78, 5) is 14.9. The molecular formula is C10H13NO4. The second-order valence-corrected chi connectivity index (χ2v) is 2.87. The summed E-state index contributed by atoms with van der Waals surface area (Å²) in [7, 11) is 2.86. The van der Waals surface area contributed by atoms with Gasteiger partial charge in [0.2, 0.25) is 11.8 Å². The zero-order chi connectivity index (χ0) is 11.4. The number of methoxy groups -OCH3 is 2. The first-order valence-electron chi connectivity index (χ1n) is 4.49. The molecule has 0 saturated heterocycles. The molecule has 15 heavy (non-hydrogen) atoms. The molecule has 1 aromatic rings. The standard InChI is InChI=1S/C10H13NO4/c1-4-6-5-7(14-2)11-9(15-3)8(6)10(12)13/h5H,4H2,1-3H3,(H,12,13). The van der Waals surface area contributed by atoms with Crippen LogP contribution < -0.4 is 9.47 Å². The molecule has 0 saturated carbocycles. The predicted octanol–water partition coefficient (Wildman–Crippen LogP) is 1.36. The van der Waals surface area contributed by atoms with Crippen molar-refractivity contribution in [1.29, 1.82) is 0 Å². The van der Waals surface area contributed by atoms with Crippen molar-refractivity contribution < 1.29 is 19.4 Å². The molecule has 1 rings (SSSR count). The minimum Gasteiger partial charge on any atom is -0.481 e.